The molecule has 1 heterocycles. The van der Waals surface area contributed by atoms with Gasteiger partial charge in [-0.1, -0.05) is 18.2 Å². The summed E-state index contributed by atoms with van der Waals surface area (Å²) in [5.74, 6) is -0.0503. The average molecular weight is 342 g/mol. The smallest absolute Gasteiger partial charge is 0.242 e. The molecule has 0 unspecified atom stereocenters. The van der Waals surface area contributed by atoms with Gasteiger partial charge >= 0.3 is 0 Å². The Balaban J connectivity index is 1.85. The van der Waals surface area contributed by atoms with Crippen LogP contribution in [0.3, 0.4) is 0 Å². The van der Waals surface area contributed by atoms with E-state index in [-0.39, 0.29) is 18.4 Å². The third-order valence-corrected chi connectivity index (χ3v) is 4.20. The minimum atomic E-state index is -0.0343. The number of benzene rings is 1. The zero-order valence-corrected chi connectivity index (χ0v) is 15.2. The summed E-state index contributed by atoms with van der Waals surface area (Å²) in [7, 11) is 1.68. The molecule has 134 valence electrons. The number of aromatic nitrogens is 2. The third-order valence-electron chi connectivity index (χ3n) is 4.20. The maximum atomic E-state index is 12.3. The molecule has 0 aliphatic carbocycles. The Morgan fingerprint density at radius 2 is 1.76 bits per heavy atom. The summed E-state index contributed by atoms with van der Waals surface area (Å²) in [6, 6.07) is 9.84. The largest absolute Gasteiger partial charge is 0.342 e. The fourth-order valence-electron chi connectivity index (χ4n) is 2.62. The van der Waals surface area contributed by atoms with E-state index in [0.29, 0.717) is 25.9 Å². The molecule has 6 nitrogen and oxygen atoms in total. The molecule has 0 aliphatic rings. The van der Waals surface area contributed by atoms with E-state index in [4.69, 9.17) is 0 Å². The summed E-state index contributed by atoms with van der Waals surface area (Å²) in [6.07, 6.45) is 4.68. The van der Waals surface area contributed by atoms with Gasteiger partial charge in [0.1, 0.15) is 0 Å². The van der Waals surface area contributed by atoms with E-state index in [1.54, 1.807) is 22.8 Å². The van der Waals surface area contributed by atoms with E-state index in [9.17, 15) is 9.59 Å². The second-order valence-electron chi connectivity index (χ2n) is 5.94. The topological polar surface area (TPSA) is 58.4 Å². The van der Waals surface area contributed by atoms with Crippen LogP contribution in [0.4, 0.5) is 0 Å². The van der Waals surface area contributed by atoms with Crippen LogP contribution in [-0.4, -0.2) is 58.1 Å². The molecule has 2 rings (SSSR count). The number of hydrogen-bond donors (Lipinski definition) is 0. The number of rotatable bonds is 8. The fourth-order valence-corrected chi connectivity index (χ4v) is 2.62. The van der Waals surface area contributed by atoms with Gasteiger partial charge in [0.15, 0.2) is 0 Å². The molecule has 0 N–H and O–H groups in total. The fraction of sp³-hybridized carbons (Fsp3) is 0.421. The summed E-state index contributed by atoms with van der Waals surface area (Å²) >= 11 is 0. The van der Waals surface area contributed by atoms with Crippen LogP contribution in [0.15, 0.2) is 42.7 Å². The first-order valence-corrected chi connectivity index (χ1v) is 8.65. The molecule has 1 aromatic heterocycles. The molecule has 6 heteroatoms. The van der Waals surface area contributed by atoms with Gasteiger partial charge in [-0.25, -0.2) is 4.68 Å². The number of aryl methyl sites for hydroxylation is 1. The number of para-hydroxylation sites is 1. The molecule has 0 saturated heterocycles. The lowest BCUT2D eigenvalue weighted by Crippen LogP contribution is -2.41. The van der Waals surface area contributed by atoms with Crippen molar-refractivity contribution in [3.05, 3.63) is 48.3 Å². The Labute approximate surface area is 149 Å². The molecule has 0 radical (unpaired) electrons. The normalized spacial score (nSPS) is 10.5. The summed E-state index contributed by atoms with van der Waals surface area (Å²) in [6.45, 7) is 5.33. The van der Waals surface area contributed by atoms with Crippen LogP contribution in [-0.2, 0) is 16.0 Å². The Bertz CT molecular complexity index is 692. The molecule has 25 heavy (non-hydrogen) atoms. The van der Waals surface area contributed by atoms with E-state index < -0.39 is 0 Å². The molecule has 0 saturated carbocycles. The van der Waals surface area contributed by atoms with Gasteiger partial charge < -0.3 is 9.80 Å². The van der Waals surface area contributed by atoms with Crippen molar-refractivity contribution in [1.29, 1.82) is 0 Å². The second kappa shape index (κ2) is 9.01. The Hall–Kier alpha value is -2.63. The zero-order valence-electron chi connectivity index (χ0n) is 15.2. The predicted molar refractivity (Wildman–Crippen MR) is 97.5 cm³/mol. The van der Waals surface area contributed by atoms with Crippen LogP contribution in [0, 0.1) is 0 Å². The molecule has 0 aliphatic heterocycles. The van der Waals surface area contributed by atoms with Crippen LogP contribution < -0.4 is 0 Å². The summed E-state index contributed by atoms with van der Waals surface area (Å²) in [4.78, 5) is 27.6. The van der Waals surface area contributed by atoms with E-state index in [1.807, 2.05) is 50.4 Å². The standard InChI is InChI=1S/C19H26N4O2/c1-4-22(5-2)19(25)15-21(3)18(24)12-11-16-13-20-23(14-16)17-9-7-6-8-10-17/h6-10,13-14H,4-5,11-12,15H2,1-3H3. The molecular formula is C19H26N4O2. The Morgan fingerprint density at radius 1 is 1.08 bits per heavy atom. The van der Waals surface area contributed by atoms with Gasteiger partial charge in [-0.15, -0.1) is 0 Å². The van der Waals surface area contributed by atoms with E-state index in [1.165, 1.54) is 4.90 Å². The number of carbonyl (C=O) groups is 2. The number of carbonyl (C=O) groups excluding carboxylic acids is 2. The summed E-state index contributed by atoms with van der Waals surface area (Å²) < 4.78 is 1.80. The Kier molecular flexibility index (Phi) is 6.74. The van der Waals surface area contributed by atoms with Gasteiger partial charge in [-0.2, -0.15) is 5.10 Å². The first-order chi connectivity index (χ1) is 12.0. The molecule has 0 bridgehead atoms. The summed E-state index contributed by atoms with van der Waals surface area (Å²) in [5, 5.41) is 4.33. The van der Waals surface area contributed by atoms with Crippen LogP contribution in [0.1, 0.15) is 25.8 Å². The molecule has 0 fully saturated rings. The lowest BCUT2D eigenvalue weighted by Gasteiger charge is -2.23. The predicted octanol–water partition coefficient (Wildman–Crippen LogP) is 2.13. The molecule has 0 spiro atoms. The van der Waals surface area contributed by atoms with Gasteiger partial charge in [-0.05, 0) is 38.0 Å². The van der Waals surface area contributed by atoms with Crippen LogP contribution in [0.5, 0.6) is 0 Å². The maximum Gasteiger partial charge on any atom is 0.242 e. The number of likely N-dealkylation sites (N-methyl/N-ethyl adjacent to an activating group) is 2. The van der Waals surface area contributed by atoms with Crippen molar-refractivity contribution in [3.8, 4) is 5.69 Å². The van der Waals surface area contributed by atoms with Crippen molar-refractivity contribution in [2.75, 3.05) is 26.7 Å². The number of hydrogen-bond acceptors (Lipinski definition) is 3. The van der Waals surface area contributed by atoms with Crippen molar-refractivity contribution in [1.82, 2.24) is 19.6 Å². The van der Waals surface area contributed by atoms with E-state index in [0.717, 1.165) is 11.3 Å². The highest BCUT2D eigenvalue weighted by atomic mass is 16.2. The quantitative estimate of drug-likeness (QED) is 0.738. The highest BCUT2D eigenvalue weighted by Crippen LogP contribution is 2.09. The number of amides is 2. The van der Waals surface area contributed by atoms with Crippen molar-refractivity contribution in [2.24, 2.45) is 0 Å². The SMILES string of the molecule is CCN(CC)C(=O)CN(C)C(=O)CCc1cnn(-c2ccccc2)c1. The number of nitrogens with zero attached hydrogens (tertiary/aromatic N) is 4. The minimum absolute atomic E-state index is 0.0160. The minimum Gasteiger partial charge on any atom is -0.342 e. The monoisotopic (exact) mass is 342 g/mol. The van der Waals surface area contributed by atoms with Crippen molar-refractivity contribution < 1.29 is 9.59 Å². The summed E-state index contributed by atoms with van der Waals surface area (Å²) in [5.41, 5.74) is 1.99. The van der Waals surface area contributed by atoms with Crippen LogP contribution in [0.25, 0.3) is 5.69 Å². The van der Waals surface area contributed by atoms with Crippen LogP contribution in [0.2, 0.25) is 0 Å². The van der Waals surface area contributed by atoms with E-state index >= 15 is 0 Å². The molecule has 1 aromatic carbocycles. The van der Waals surface area contributed by atoms with Crippen molar-refractivity contribution in [3.63, 3.8) is 0 Å². The highest BCUT2D eigenvalue weighted by molar-refractivity contribution is 5.84. The lowest BCUT2D eigenvalue weighted by molar-refractivity contribution is -0.139. The van der Waals surface area contributed by atoms with Crippen molar-refractivity contribution in [2.45, 2.75) is 26.7 Å². The van der Waals surface area contributed by atoms with Gasteiger partial charge in [0.2, 0.25) is 11.8 Å². The third kappa shape index (κ3) is 5.17. The Morgan fingerprint density at radius 3 is 2.40 bits per heavy atom. The van der Waals surface area contributed by atoms with Crippen molar-refractivity contribution >= 4 is 11.8 Å². The first-order valence-electron chi connectivity index (χ1n) is 8.65. The lowest BCUT2D eigenvalue weighted by atomic mass is 10.2. The maximum absolute atomic E-state index is 12.3. The molecular weight excluding hydrogens is 316 g/mol. The second-order valence-corrected chi connectivity index (χ2v) is 5.94. The van der Waals surface area contributed by atoms with E-state index in [2.05, 4.69) is 5.10 Å². The molecule has 0 atom stereocenters. The van der Waals surface area contributed by atoms with Gasteiger partial charge in [-0.3, -0.25) is 9.59 Å². The van der Waals surface area contributed by atoms with Gasteiger partial charge in [0.05, 0.1) is 18.4 Å². The molecule has 2 aromatic rings. The van der Waals surface area contributed by atoms with Gasteiger partial charge in [0.25, 0.3) is 0 Å². The first kappa shape index (κ1) is 18.7. The highest BCUT2D eigenvalue weighted by Gasteiger charge is 2.16. The van der Waals surface area contributed by atoms with Crippen LogP contribution >= 0.6 is 0 Å². The molecule has 2 amide bonds. The van der Waals surface area contributed by atoms with Gasteiger partial charge in [0, 0.05) is 32.8 Å². The average Bonchev–Trinajstić information content (AvgIpc) is 3.10. The zero-order chi connectivity index (χ0) is 18.2.